The third-order valence-electron chi connectivity index (χ3n) is 10.7. The van der Waals surface area contributed by atoms with Gasteiger partial charge in [-0.3, -0.25) is 0 Å². The molecule has 11 rings (SSSR count). The third kappa shape index (κ3) is 5.34. The summed E-state index contributed by atoms with van der Waals surface area (Å²) in [6, 6.07) is 68.2. The number of hydrogen-bond donors (Lipinski definition) is 0. The summed E-state index contributed by atoms with van der Waals surface area (Å²) in [4.78, 5) is 7.21. The Balaban J connectivity index is 1.10. The zero-order valence-electron chi connectivity index (χ0n) is 29.7. The highest BCUT2D eigenvalue weighted by Crippen LogP contribution is 2.47. The molecule has 0 aliphatic heterocycles. The summed E-state index contributed by atoms with van der Waals surface area (Å²) >= 11 is 0. The monoisotopic (exact) mass is 704 g/mol. The SMILES string of the molecule is c1ccc(-c2ccc(N(c3ccc4ccccc4c3)c3cc4ccccc4c4oc5cc(-c6ccc7oc(-c8ccccc8)nc7c6)ccc5c34)cc2)cc1. The molecule has 0 unspecified atom stereocenters. The van der Waals surface area contributed by atoms with Crippen molar-refractivity contribution in [3.05, 3.63) is 194 Å². The molecule has 0 aliphatic carbocycles. The number of nitrogens with zero attached hydrogens (tertiary/aromatic N) is 2. The first-order chi connectivity index (χ1) is 27.2. The van der Waals surface area contributed by atoms with Gasteiger partial charge in [-0.15, -0.1) is 0 Å². The van der Waals surface area contributed by atoms with E-state index in [1.807, 2.05) is 36.4 Å². The number of aromatic nitrogens is 1. The second-order valence-corrected chi connectivity index (χ2v) is 14.0. The Labute approximate surface area is 317 Å². The smallest absolute Gasteiger partial charge is 0.227 e. The molecule has 0 saturated carbocycles. The molecule has 9 aromatic carbocycles. The van der Waals surface area contributed by atoms with Gasteiger partial charge in [-0.1, -0.05) is 127 Å². The molecule has 0 amide bonds. The van der Waals surface area contributed by atoms with Crippen molar-refractivity contribution >= 4 is 71.6 Å². The molecule has 55 heavy (non-hydrogen) atoms. The predicted molar refractivity (Wildman–Crippen MR) is 227 cm³/mol. The predicted octanol–water partition coefficient (Wildman–Crippen LogP) is 14.5. The maximum Gasteiger partial charge on any atom is 0.227 e. The number of furan rings is 1. The summed E-state index contributed by atoms with van der Waals surface area (Å²) in [5.74, 6) is 0.616. The number of hydrogen-bond acceptors (Lipinski definition) is 4. The van der Waals surface area contributed by atoms with E-state index in [-0.39, 0.29) is 0 Å². The third-order valence-corrected chi connectivity index (χ3v) is 10.7. The molecule has 258 valence electrons. The highest BCUT2D eigenvalue weighted by molar-refractivity contribution is 6.22. The van der Waals surface area contributed by atoms with Gasteiger partial charge in [0.25, 0.3) is 0 Å². The van der Waals surface area contributed by atoms with Crippen LogP contribution in [0.15, 0.2) is 203 Å². The lowest BCUT2D eigenvalue weighted by Gasteiger charge is -2.27. The Morgan fingerprint density at radius 1 is 0.382 bits per heavy atom. The van der Waals surface area contributed by atoms with Gasteiger partial charge >= 0.3 is 0 Å². The largest absolute Gasteiger partial charge is 0.455 e. The summed E-state index contributed by atoms with van der Waals surface area (Å²) in [5, 5.41) is 6.70. The number of anilines is 3. The summed E-state index contributed by atoms with van der Waals surface area (Å²) < 4.78 is 13.0. The molecule has 0 spiro atoms. The van der Waals surface area contributed by atoms with Crippen LogP contribution in [-0.2, 0) is 0 Å². The van der Waals surface area contributed by atoms with E-state index in [0.717, 1.165) is 77.6 Å². The zero-order valence-corrected chi connectivity index (χ0v) is 29.7. The summed E-state index contributed by atoms with van der Waals surface area (Å²) in [5.41, 5.74) is 11.9. The molecule has 0 aliphatic rings. The molecule has 0 atom stereocenters. The van der Waals surface area contributed by atoms with Crippen molar-refractivity contribution in [2.24, 2.45) is 0 Å². The minimum Gasteiger partial charge on any atom is -0.455 e. The van der Waals surface area contributed by atoms with Crippen molar-refractivity contribution in [2.75, 3.05) is 4.90 Å². The molecule has 0 radical (unpaired) electrons. The van der Waals surface area contributed by atoms with E-state index in [2.05, 4.69) is 163 Å². The second kappa shape index (κ2) is 12.6. The van der Waals surface area contributed by atoms with Gasteiger partial charge in [0.05, 0.1) is 11.1 Å². The number of fused-ring (bicyclic) bond motifs is 7. The highest BCUT2D eigenvalue weighted by Gasteiger charge is 2.23. The van der Waals surface area contributed by atoms with E-state index >= 15 is 0 Å². The lowest BCUT2D eigenvalue weighted by Crippen LogP contribution is -2.10. The van der Waals surface area contributed by atoms with Gasteiger partial charge in [-0.25, -0.2) is 4.98 Å². The van der Waals surface area contributed by atoms with Gasteiger partial charge in [-0.05, 0) is 105 Å². The van der Waals surface area contributed by atoms with E-state index in [1.165, 1.54) is 21.9 Å². The molecule has 0 bridgehead atoms. The first kappa shape index (κ1) is 31.1. The van der Waals surface area contributed by atoms with Crippen LogP contribution in [-0.4, -0.2) is 4.98 Å². The fourth-order valence-corrected chi connectivity index (χ4v) is 7.93. The van der Waals surface area contributed by atoms with Crippen molar-refractivity contribution in [3.8, 4) is 33.7 Å². The van der Waals surface area contributed by atoms with Crippen LogP contribution in [0.2, 0.25) is 0 Å². The van der Waals surface area contributed by atoms with Crippen molar-refractivity contribution in [2.45, 2.75) is 0 Å². The molecular formula is C51H32N2O2. The first-order valence-corrected chi connectivity index (χ1v) is 18.5. The minimum atomic E-state index is 0.616. The molecule has 11 aromatic rings. The van der Waals surface area contributed by atoms with E-state index in [0.29, 0.717) is 5.89 Å². The minimum absolute atomic E-state index is 0.616. The van der Waals surface area contributed by atoms with Gasteiger partial charge in [0.2, 0.25) is 5.89 Å². The average Bonchev–Trinajstić information content (AvgIpc) is 3.87. The van der Waals surface area contributed by atoms with Gasteiger partial charge < -0.3 is 13.7 Å². The molecule has 4 nitrogen and oxygen atoms in total. The van der Waals surface area contributed by atoms with E-state index in [4.69, 9.17) is 13.8 Å². The maximum atomic E-state index is 6.93. The van der Waals surface area contributed by atoms with Crippen LogP contribution in [0.5, 0.6) is 0 Å². The Kier molecular flexibility index (Phi) is 7.14. The van der Waals surface area contributed by atoms with Crippen LogP contribution in [0.1, 0.15) is 0 Å². The Hall–Kier alpha value is -7.43. The first-order valence-electron chi connectivity index (χ1n) is 18.5. The molecule has 0 fully saturated rings. The molecule has 4 heteroatoms. The number of benzene rings is 9. The molecule has 2 heterocycles. The van der Waals surface area contributed by atoms with Crippen LogP contribution in [0, 0.1) is 0 Å². The summed E-state index contributed by atoms with van der Waals surface area (Å²) in [6.07, 6.45) is 0. The summed E-state index contributed by atoms with van der Waals surface area (Å²) in [7, 11) is 0. The molecule has 0 N–H and O–H groups in total. The molecule has 2 aromatic heterocycles. The van der Waals surface area contributed by atoms with Crippen LogP contribution in [0.4, 0.5) is 17.1 Å². The Morgan fingerprint density at radius 2 is 1.02 bits per heavy atom. The van der Waals surface area contributed by atoms with Crippen LogP contribution < -0.4 is 4.90 Å². The topological polar surface area (TPSA) is 42.4 Å². The van der Waals surface area contributed by atoms with E-state index in [9.17, 15) is 0 Å². The van der Waals surface area contributed by atoms with E-state index in [1.54, 1.807) is 0 Å². The van der Waals surface area contributed by atoms with Gasteiger partial charge in [0.15, 0.2) is 5.58 Å². The van der Waals surface area contributed by atoms with E-state index < -0.39 is 0 Å². The van der Waals surface area contributed by atoms with Crippen LogP contribution in [0.3, 0.4) is 0 Å². The van der Waals surface area contributed by atoms with Crippen LogP contribution in [0.25, 0.3) is 88.3 Å². The van der Waals surface area contributed by atoms with Crippen molar-refractivity contribution in [3.63, 3.8) is 0 Å². The fourth-order valence-electron chi connectivity index (χ4n) is 7.93. The number of rotatable bonds is 6. The molecule has 0 saturated heterocycles. The van der Waals surface area contributed by atoms with Gasteiger partial charge in [-0.2, -0.15) is 0 Å². The second-order valence-electron chi connectivity index (χ2n) is 14.0. The lowest BCUT2D eigenvalue weighted by atomic mass is 9.99. The maximum absolute atomic E-state index is 6.93. The van der Waals surface area contributed by atoms with Gasteiger partial charge in [0, 0.05) is 27.7 Å². The number of oxazole rings is 1. The van der Waals surface area contributed by atoms with Crippen molar-refractivity contribution in [1.29, 1.82) is 0 Å². The standard InChI is InChI=1S/C51H32N2O2/c1-3-11-33(12-4-1)35-19-24-41(25-20-35)53(42-26-21-34-13-7-8-16-37(34)29-42)46-31-40-17-9-10-18-43(40)50-49(46)44-27-22-39(32-48(44)54-50)38-23-28-47-45(30-38)52-51(55-47)36-14-5-2-6-15-36/h1-32H. The van der Waals surface area contributed by atoms with Crippen molar-refractivity contribution < 1.29 is 8.83 Å². The van der Waals surface area contributed by atoms with Crippen molar-refractivity contribution in [1.82, 2.24) is 4.98 Å². The quantitative estimate of drug-likeness (QED) is 0.173. The highest BCUT2D eigenvalue weighted by atomic mass is 16.3. The average molecular weight is 705 g/mol. The fraction of sp³-hybridized carbons (Fsp3) is 0. The lowest BCUT2D eigenvalue weighted by molar-refractivity contribution is 0.620. The van der Waals surface area contributed by atoms with Crippen LogP contribution >= 0.6 is 0 Å². The Bertz CT molecular complexity index is 3200. The zero-order chi connectivity index (χ0) is 36.3. The normalized spacial score (nSPS) is 11.6. The Morgan fingerprint density at radius 3 is 1.84 bits per heavy atom. The molecular weight excluding hydrogens is 673 g/mol. The summed E-state index contributed by atoms with van der Waals surface area (Å²) in [6.45, 7) is 0. The van der Waals surface area contributed by atoms with Gasteiger partial charge in [0.1, 0.15) is 16.7 Å².